The molecule has 1 unspecified atom stereocenters. The van der Waals surface area contributed by atoms with Crippen molar-refractivity contribution in [3.63, 3.8) is 0 Å². The van der Waals surface area contributed by atoms with Crippen molar-refractivity contribution in [1.29, 1.82) is 0 Å². The topological polar surface area (TPSA) is 55.0 Å². The number of para-hydroxylation sites is 2. The van der Waals surface area contributed by atoms with E-state index in [0.29, 0.717) is 19.5 Å². The second-order valence-electron chi connectivity index (χ2n) is 5.34. The largest absolute Gasteiger partial charge is 0.346 e. The van der Waals surface area contributed by atoms with Crippen molar-refractivity contribution >= 4 is 22.7 Å². The monoisotopic (exact) mass is 288 g/mol. The zero-order valence-electron chi connectivity index (χ0n) is 12.8. The Kier molecular flexibility index (Phi) is 4.73. The van der Waals surface area contributed by atoms with Gasteiger partial charge in [0.1, 0.15) is 6.54 Å². The van der Waals surface area contributed by atoms with E-state index in [1.54, 1.807) is 6.92 Å². The van der Waals surface area contributed by atoms with E-state index in [9.17, 15) is 9.59 Å². The van der Waals surface area contributed by atoms with Crippen LogP contribution in [0.4, 0.5) is 0 Å². The Balaban J connectivity index is 1.97. The molecule has 5 heteroatoms. The molecular weight excluding hydrogens is 266 g/mol. The third kappa shape index (κ3) is 3.29. The van der Waals surface area contributed by atoms with E-state index in [0.717, 1.165) is 11.0 Å². The molecule has 0 aliphatic heterocycles. The number of aryl methyl sites for hydroxylation is 1. The molecule has 0 fully saturated rings. The number of rotatable bonds is 6. The van der Waals surface area contributed by atoms with Crippen LogP contribution in [0.25, 0.3) is 11.0 Å². The van der Waals surface area contributed by atoms with Crippen LogP contribution < -0.4 is 9.88 Å². The predicted octanol–water partition coefficient (Wildman–Crippen LogP) is 1.20. The highest BCUT2D eigenvalue weighted by Crippen LogP contribution is 2.09. The standard InChI is InChI=1S/C16H21N3O2/c1-4-12(2)15(20)16(21)17-9-10-19-11-18(3)13-7-5-6-8-14(13)19/h5-8,11-12H,4,9-10H2,1-3H3/p+1. The molecule has 1 heterocycles. The summed E-state index contributed by atoms with van der Waals surface area (Å²) >= 11 is 0. The predicted molar refractivity (Wildman–Crippen MR) is 80.6 cm³/mol. The summed E-state index contributed by atoms with van der Waals surface area (Å²) in [5, 5.41) is 2.70. The smallest absolute Gasteiger partial charge is 0.287 e. The Labute approximate surface area is 124 Å². The molecule has 0 saturated carbocycles. The molecule has 0 bridgehead atoms. The first-order chi connectivity index (χ1) is 10.0. The summed E-state index contributed by atoms with van der Waals surface area (Å²) < 4.78 is 4.12. The number of imidazole rings is 1. The van der Waals surface area contributed by atoms with Gasteiger partial charge in [-0.1, -0.05) is 26.0 Å². The quantitative estimate of drug-likeness (QED) is 0.641. The number of aromatic nitrogens is 2. The summed E-state index contributed by atoms with van der Waals surface area (Å²) in [6.45, 7) is 4.77. The molecule has 112 valence electrons. The van der Waals surface area contributed by atoms with Gasteiger partial charge in [0.25, 0.3) is 5.91 Å². The zero-order chi connectivity index (χ0) is 15.4. The number of benzene rings is 1. The minimum atomic E-state index is -0.481. The molecule has 0 spiro atoms. The Morgan fingerprint density at radius 2 is 2.05 bits per heavy atom. The van der Waals surface area contributed by atoms with Crippen LogP contribution in [0.2, 0.25) is 0 Å². The first-order valence-corrected chi connectivity index (χ1v) is 7.30. The molecule has 1 N–H and O–H groups in total. The summed E-state index contributed by atoms with van der Waals surface area (Å²) in [5.74, 6) is -1.03. The Morgan fingerprint density at radius 1 is 1.33 bits per heavy atom. The highest BCUT2D eigenvalue weighted by atomic mass is 16.2. The van der Waals surface area contributed by atoms with Gasteiger partial charge in [-0.3, -0.25) is 9.59 Å². The summed E-state index contributed by atoms with van der Waals surface area (Å²) in [6, 6.07) is 8.08. The van der Waals surface area contributed by atoms with Crippen LogP contribution >= 0.6 is 0 Å². The molecule has 1 aromatic heterocycles. The minimum absolute atomic E-state index is 0.213. The van der Waals surface area contributed by atoms with Gasteiger partial charge >= 0.3 is 0 Å². The van der Waals surface area contributed by atoms with Gasteiger partial charge in [-0.25, -0.2) is 9.13 Å². The fraction of sp³-hybridized carbons (Fsp3) is 0.438. The van der Waals surface area contributed by atoms with Gasteiger partial charge in [0.15, 0.2) is 11.0 Å². The van der Waals surface area contributed by atoms with E-state index < -0.39 is 5.91 Å². The minimum Gasteiger partial charge on any atom is -0.346 e. The second-order valence-corrected chi connectivity index (χ2v) is 5.34. The van der Waals surface area contributed by atoms with Crippen LogP contribution in [0.3, 0.4) is 0 Å². The maximum atomic E-state index is 11.7. The number of hydrogen-bond acceptors (Lipinski definition) is 2. The first kappa shape index (κ1) is 15.2. The van der Waals surface area contributed by atoms with Gasteiger partial charge in [0.05, 0.1) is 13.6 Å². The van der Waals surface area contributed by atoms with Crippen LogP contribution in [0.15, 0.2) is 30.6 Å². The summed E-state index contributed by atoms with van der Waals surface area (Å²) in [6.07, 6.45) is 2.68. The molecule has 0 aliphatic rings. The molecular formula is C16H22N3O2+. The van der Waals surface area contributed by atoms with E-state index in [-0.39, 0.29) is 11.7 Å². The Hall–Kier alpha value is -2.17. The third-order valence-corrected chi connectivity index (χ3v) is 3.81. The lowest BCUT2D eigenvalue weighted by molar-refractivity contribution is -0.645. The highest BCUT2D eigenvalue weighted by molar-refractivity contribution is 6.36. The van der Waals surface area contributed by atoms with Gasteiger partial charge < -0.3 is 5.32 Å². The van der Waals surface area contributed by atoms with Gasteiger partial charge in [0.2, 0.25) is 12.1 Å². The van der Waals surface area contributed by atoms with Crippen LogP contribution in [0.5, 0.6) is 0 Å². The molecule has 0 radical (unpaired) electrons. The zero-order valence-corrected chi connectivity index (χ0v) is 12.8. The van der Waals surface area contributed by atoms with Crippen LogP contribution in [0.1, 0.15) is 20.3 Å². The number of amides is 1. The molecule has 0 aliphatic carbocycles. The second kappa shape index (κ2) is 6.52. The third-order valence-electron chi connectivity index (χ3n) is 3.81. The average Bonchev–Trinajstić information content (AvgIpc) is 2.82. The normalized spacial score (nSPS) is 12.3. The number of Topliss-reactive ketones (excluding diaryl/α,β-unsaturated/α-hetero) is 1. The van der Waals surface area contributed by atoms with Gasteiger partial charge in [-0.05, 0) is 18.6 Å². The SMILES string of the molecule is CCC(C)C(=O)C(=O)NCCn1c[n+](C)c2ccccc21. The summed E-state index contributed by atoms with van der Waals surface area (Å²) in [4.78, 5) is 23.4. The number of carbonyl (C=O) groups is 2. The molecule has 5 nitrogen and oxygen atoms in total. The number of hydrogen-bond donors (Lipinski definition) is 1. The number of nitrogens with zero attached hydrogens (tertiary/aromatic N) is 2. The van der Waals surface area contributed by atoms with Gasteiger partial charge in [-0.15, -0.1) is 0 Å². The van der Waals surface area contributed by atoms with Gasteiger partial charge in [-0.2, -0.15) is 0 Å². The van der Waals surface area contributed by atoms with E-state index in [2.05, 4.69) is 16.0 Å². The lowest BCUT2D eigenvalue weighted by Crippen LogP contribution is -2.36. The van der Waals surface area contributed by atoms with E-state index in [4.69, 9.17) is 0 Å². The van der Waals surface area contributed by atoms with Gasteiger partial charge in [0, 0.05) is 5.92 Å². The molecule has 1 aromatic carbocycles. The van der Waals surface area contributed by atoms with Crippen LogP contribution in [-0.4, -0.2) is 22.8 Å². The van der Waals surface area contributed by atoms with Crippen molar-refractivity contribution in [2.24, 2.45) is 13.0 Å². The van der Waals surface area contributed by atoms with E-state index in [1.807, 2.05) is 43.1 Å². The number of ketones is 1. The van der Waals surface area contributed by atoms with Crippen LogP contribution in [0, 0.1) is 5.92 Å². The molecule has 1 amide bonds. The fourth-order valence-electron chi connectivity index (χ4n) is 2.30. The highest BCUT2D eigenvalue weighted by Gasteiger charge is 2.19. The van der Waals surface area contributed by atoms with E-state index in [1.165, 1.54) is 0 Å². The summed E-state index contributed by atoms with van der Waals surface area (Å²) in [7, 11) is 1.99. The van der Waals surface area contributed by atoms with Crippen molar-refractivity contribution in [3.05, 3.63) is 30.6 Å². The molecule has 0 saturated heterocycles. The lowest BCUT2D eigenvalue weighted by atomic mass is 10.0. The fourth-order valence-corrected chi connectivity index (χ4v) is 2.30. The Bertz CT molecular complexity index is 661. The maximum absolute atomic E-state index is 11.7. The van der Waals surface area contributed by atoms with Crippen molar-refractivity contribution in [3.8, 4) is 0 Å². The summed E-state index contributed by atoms with van der Waals surface area (Å²) in [5.41, 5.74) is 2.25. The lowest BCUT2D eigenvalue weighted by Gasteiger charge is -2.07. The van der Waals surface area contributed by atoms with Crippen LogP contribution in [-0.2, 0) is 23.2 Å². The number of nitrogens with one attached hydrogen (secondary N) is 1. The molecule has 2 aromatic rings. The number of fused-ring (bicyclic) bond motifs is 1. The van der Waals surface area contributed by atoms with Crippen molar-refractivity contribution in [1.82, 2.24) is 9.88 Å². The van der Waals surface area contributed by atoms with Crippen molar-refractivity contribution in [2.75, 3.05) is 6.54 Å². The van der Waals surface area contributed by atoms with E-state index >= 15 is 0 Å². The maximum Gasteiger partial charge on any atom is 0.287 e. The van der Waals surface area contributed by atoms with Crippen molar-refractivity contribution < 1.29 is 14.2 Å². The molecule has 21 heavy (non-hydrogen) atoms. The number of carbonyl (C=O) groups excluding carboxylic acids is 2. The molecule has 2 rings (SSSR count). The van der Waals surface area contributed by atoms with Crippen molar-refractivity contribution in [2.45, 2.75) is 26.8 Å². The first-order valence-electron chi connectivity index (χ1n) is 7.30. The Morgan fingerprint density at radius 3 is 2.76 bits per heavy atom. The average molecular weight is 288 g/mol. The molecule has 1 atom stereocenters.